The van der Waals surface area contributed by atoms with Crippen molar-refractivity contribution in [3.63, 3.8) is 0 Å². The topological polar surface area (TPSA) is 175 Å². The summed E-state index contributed by atoms with van der Waals surface area (Å²) in [6, 6.07) is -0.633. The number of azide groups is 2. The van der Waals surface area contributed by atoms with Gasteiger partial charge < -0.3 is 9.11 Å². The molecule has 0 spiro atoms. The molecule has 150 valence electrons. The fraction of sp³-hybridized carbons (Fsp3) is 1.00. The van der Waals surface area contributed by atoms with E-state index >= 15 is 0 Å². The molecule has 0 amide bonds. The Morgan fingerprint density at radius 2 is 1.32 bits per heavy atom. The molecule has 0 saturated heterocycles. The molecule has 0 aliphatic heterocycles. The molecule has 0 saturated carbocycles. The summed E-state index contributed by atoms with van der Waals surface area (Å²) < 4.78 is 40.5. The molecule has 0 fully saturated rings. The van der Waals surface area contributed by atoms with Gasteiger partial charge in [-0.15, -0.1) is 0 Å². The fourth-order valence-corrected chi connectivity index (χ4v) is 7.55. The van der Waals surface area contributed by atoms with Crippen LogP contribution in [0.2, 0.25) is 0 Å². The fourth-order valence-electron chi connectivity index (χ4n) is 1.40. The first kappa shape index (κ1) is 34.8. The second-order valence-electron chi connectivity index (χ2n) is 4.54. The van der Waals surface area contributed by atoms with Crippen LogP contribution in [0.25, 0.3) is 20.9 Å². The Kier molecular flexibility index (Phi) is 31.7. The van der Waals surface area contributed by atoms with Crippen LogP contribution in [-0.4, -0.2) is 64.1 Å². The third kappa shape index (κ3) is 24.5. The van der Waals surface area contributed by atoms with Crippen LogP contribution in [0.3, 0.4) is 0 Å². The zero-order valence-corrected chi connectivity index (χ0v) is 24.5. The molecule has 2 unspecified atom stereocenters. The summed E-state index contributed by atoms with van der Waals surface area (Å²) in [5.41, 5.74) is 17.0. The van der Waals surface area contributed by atoms with Crippen molar-refractivity contribution in [3.8, 4) is 0 Å². The molecule has 0 aliphatic rings. The van der Waals surface area contributed by atoms with Crippen molar-refractivity contribution in [2.24, 2.45) is 10.2 Å². The van der Waals surface area contributed by atoms with Gasteiger partial charge in [-0.1, -0.05) is 64.5 Å². The van der Waals surface area contributed by atoms with Crippen LogP contribution < -0.4 is 59.1 Å². The Labute approximate surface area is 229 Å². The van der Waals surface area contributed by atoms with Crippen molar-refractivity contribution in [2.45, 2.75) is 24.9 Å². The van der Waals surface area contributed by atoms with Gasteiger partial charge in [0.25, 0.3) is 0 Å². The number of hydrogen-bond acceptors (Lipinski definition) is 9. The first-order valence-electron chi connectivity index (χ1n) is 7.20. The molecule has 4 atom stereocenters. The van der Waals surface area contributed by atoms with Gasteiger partial charge in [-0.05, 0) is 23.9 Å². The summed E-state index contributed by atoms with van der Waals surface area (Å²) in [5.74, 6) is 2.92. The molecule has 28 heavy (non-hydrogen) atoms. The smallest absolute Gasteiger partial charge is 0.772 e. The quantitative estimate of drug-likeness (QED) is 0.0431. The van der Waals surface area contributed by atoms with Crippen LogP contribution in [0.5, 0.6) is 0 Å². The maximum atomic E-state index is 10.7. The average Bonchev–Trinajstić information content (AvgIpc) is 2.59. The molecule has 1 N–H and O–H groups in total. The zero-order chi connectivity index (χ0) is 19.6. The van der Waals surface area contributed by atoms with Crippen LogP contribution in [-0.2, 0) is 22.2 Å². The van der Waals surface area contributed by atoms with Crippen molar-refractivity contribution >= 4 is 65.3 Å². The molecule has 0 bridgehead atoms. The normalized spacial score (nSPS) is 14.2. The first-order chi connectivity index (χ1) is 12.5. The minimum atomic E-state index is -2.13. The van der Waals surface area contributed by atoms with Crippen molar-refractivity contribution in [3.05, 3.63) is 20.9 Å². The number of hydrogen-bond donors (Lipinski definition) is 1. The summed E-state index contributed by atoms with van der Waals surface area (Å²) in [6.07, 6.45) is 0.693. The third-order valence-electron chi connectivity index (χ3n) is 2.61. The van der Waals surface area contributed by atoms with Gasteiger partial charge in [0, 0.05) is 56.4 Å². The van der Waals surface area contributed by atoms with Crippen molar-refractivity contribution in [2.75, 3.05) is 34.5 Å². The average molecular weight is 526 g/mol. The summed E-state index contributed by atoms with van der Waals surface area (Å²) in [4.78, 5) is 5.49. The van der Waals surface area contributed by atoms with Crippen molar-refractivity contribution < 1.29 is 76.6 Å². The molecular formula is C10H19N6Na2O4S6+. The van der Waals surface area contributed by atoms with Crippen LogP contribution in [0.4, 0.5) is 0 Å². The SMILES string of the molecule is [N-]=[N+]=N[C@@H](CCS(=O)[O-])CSSCCSSC[C@H](CCS(=O)O)N=[N+]=[N-].[Na+].[Na+]. The van der Waals surface area contributed by atoms with Crippen LogP contribution in [0, 0.1) is 0 Å². The van der Waals surface area contributed by atoms with E-state index in [2.05, 4.69) is 20.1 Å². The Morgan fingerprint density at radius 1 is 0.893 bits per heavy atom. The predicted molar refractivity (Wildman–Crippen MR) is 114 cm³/mol. The second kappa shape index (κ2) is 25.5. The number of nitrogens with zero attached hydrogens (tertiary/aromatic N) is 6. The van der Waals surface area contributed by atoms with Gasteiger partial charge in [-0.2, -0.15) is 0 Å². The molecular weight excluding hydrogens is 507 g/mol. The van der Waals surface area contributed by atoms with Crippen molar-refractivity contribution in [1.82, 2.24) is 0 Å². The molecule has 0 aromatic rings. The molecule has 0 aromatic carbocycles. The van der Waals surface area contributed by atoms with Gasteiger partial charge >= 0.3 is 59.1 Å². The van der Waals surface area contributed by atoms with Crippen LogP contribution in [0.15, 0.2) is 10.2 Å². The van der Waals surface area contributed by atoms with Gasteiger partial charge in [0.1, 0.15) is 0 Å². The minimum absolute atomic E-state index is 0. The van der Waals surface area contributed by atoms with E-state index in [-0.39, 0.29) is 82.7 Å². The Morgan fingerprint density at radius 3 is 1.68 bits per heavy atom. The van der Waals surface area contributed by atoms with Crippen molar-refractivity contribution in [1.29, 1.82) is 0 Å². The van der Waals surface area contributed by atoms with Gasteiger partial charge in [0.15, 0.2) is 11.1 Å². The van der Waals surface area contributed by atoms with Crippen LogP contribution in [0.1, 0.15) is 12.8 Å². The number of rotatable bonds is 17. The Bertz CT molecular complexity index is 495. The Hall–Kier alpha value is 2.24. The van der Waals surface area contributed by atoms with Gasteiger partial charge in [-0.25, -0.2) is 4.21 Å². The predicted octanol–water partition coefficient (Wildman–Crippen LogP) is -2.00. The van der Waals surface area contributed by atoms with E-state index in [1.54, 1.807) is 32.4 Å². The minimum Gasteiger partial charge on any atom is -0.772 e. The second-order valence-corrected chi connectivity index (χ2v) is 11.9. The molecule has 0 aliphatic carbocycles. The van der Waals surface area contributed by atoms with E-state index in [9.17, 15) is 13.0 Å². The third-order valence-corrected chi connectivity index (χ3v) is 8.96. The molecule has 0 rings (SSSR count). The standard InChI is InChI=1S/C10H20N6O4S6.2Na/c11-15-13-9(1-5-25(17)18)7-23-21-3-4-22-24-8-10(14-16-12)2-6-26(19)20;;/h9-10H,1-8H2,(H,17,18)(H,19,20);;/q;2*+1/p-1/t9-,10-;;/m0../s1. The van der Waals surface area contributed by atoms with E-state index in [0.29, 0.717) is 24.3 Å². The largest absolute Gasteiger partial charge is 1.00 e. The van der Waals surface area contributed by atoms with E-state index in [0.717, 1.165) is 11.5 Å². The summed E-state index contributed by atoms with van der Waals surface area (Å²) >= 11 is -4.01. The van der Waals surface area contributed by atoms with Gasteiger partial charge in [-0.3, -0.25) is 4.21 Å². The van der Waals surface area contributed by atoms with E-state index in [1.165, 1.54) is 10.8 Å². The zero-order valence-electron chi connectivity index (χ0n) is 15.6. The van der Waals surface area contributed by atoms with E-state index < -0.39 is 22.2 Å². The van der Waals surface area contributed by atoms with Crippen LogP contribution >= 0.6 is 43.2 Å². The maximum absolute atomic E-state index is 10.7. The molecule has 0 radical (unpaired) electrons. The molecule has 18 heteroatoms. The van der Waals surface area contributed by atoms with Gasteiger partial charge in [0.05, 0.1) is 0 Å². The van der Waals surface area contributed by atoms with E-state index in [4.69, 9.17) is 15.6 Å². The molecule has 10 nitrogen and oxygen atoms in total. The Balaban J connectivity index is -0.00000312. The monoisotopic (exact) mass is 525 g/mol. The van der Waals surface area contributed by atoms with Gasteiger partial charge in [0.2, 0.25) is 0 Å². The molecule has 0 aromatic heterocycles. The summed E-state index contributed by atoms with van der Waals surface area (Å²) in [5, 5.41) is 7.21. The summed E-state index contributed by atoms with van der Waals surface area (Å²) in [7, 11) is 6.32. The van der Waals surface area contributed by atoms with E-state index in [1.807, 2.05) is 0 Å². The molecule has 0 heterocycles. The summed E-state index contributed by atoms with van der Waals surface area (Å²) in [6.45, 7) is 0. The first-order valence-corrected chi connectivity index (χ1v) is 14.7. The maximum Gasteiger partial charge on any atom is 1.00 e.